The SMILES string of the molecule is N#Cc1c(NC(=O)COC(=O)c2cccnc2)sc2c1CCCC2. The van der Waals surface area contributed by atoms with E-state index in [1.165, 1.54) is 22.4 Å². The molecule has 2 aromatic heterocycles. The summed E-state index contributed by atoms with van der Waals surface area (Å²) < 4.78 is 4.97. The fourth-order valence-corrected chi connectivity index (χ4v) is 3.89. The summed E-state index contributed by atoms with van der Waals surface area (Å²) in [7, 11) is 0. The molecule has 0 saturated carbocycles. The van der Waals surface area contributed by atoms with Gasteiger partial charge < -0.3 is 10.1 Å². The van der Waals surface area contributed by atoms with E-state index in [1.54, 1.807) is 18.3 Å². The summed E-state index contributed by atoms with van der Waals surface area (Å²) in [5, 5.41) is 12.6. The molecule has 0 bridgehead atoms. The number of ether oxygens (including phenoxy) is 1. The van der Waals surface area contributed by atoms with Gasteiger partial charge in [-0.05, 0) is 43.4 Å². The summed E-state index contributed by atoms with van der Waals surface area (Å²) in [4.78, 5) is 28.8. The molecule has 0 radical (unpaired) electrons. The summed E-state index contributed by atoms with van der Waals surface area (Å²) in [5.74, 6) is -1.06. The number of carbonyl (C=O) groups excluding carboxylic acids is 2. The van der Waals surface area contributed by atoms with Gasteiger partial charge in [0, 0.05) is 17.3 Å². The zero-order valence-corrected chi connectivity index (χ0v) is 13.7. The molecule has 1 aliphatic carbocycles. The Morgan fingerprint density at radius 1 is 1.38 bits per heavy atom. The van der Waals surface area contributed by atoms with Crippen LogP contribution in [0.5, 0.6) is 0 Å². The van der Waals surface area contributed by atoms with Crippen molar-refractivity contribution in [3.8, 4) is 6.07 Å². The minimum atomic E-state index is -0.607. The van der Waals surface area contributed by atoms with E-state index in [0.717, 1.165) is 31.2 Å². The Balaban J connectivity index is 1.62. The summed E-state index contributed by atoms with van der Waals surface area (Å²) in [6.07, 6.45) is 6.91. The lowest BCUT2D eigenvalue weighted by molar-refractivity contribution is -0.119. The number of thiophene rings is 1. The minimum Gasteiger partial charge on any atom is -0.452 e. The number of carbonyl (C=O) groups is 2. The molecule has 6 nitrogen and oxygen atoms in total. The third-order valence-electron chi connectivity index (χ3n) is 3.77. The summed E-state index contributed by atoms with van der Waals surface area (Å²) in [5.41, 5.74) is 1.88. The molecule has 1 amide bonds. The molecule has 3 rings (SSSR count). The van der Waals surface area contributed by atoms with Crippen molar-refractivity contribution in [3.63, 3.8) is 0 Å². The predicted molar refractivity (Wildman–Crippen MR) is 88.8 cm³/mol. The van der Waals surface area contributed by atoms with Gasteiger partial charge in [0.1, 0.15) is 11.1 Å². The molecule has 1 N–H and O–H groups in total. The van der Waals surface area contributed by atoms with Crippen LogP contribution in [0.1, 0.15) is 39.2 Å². The molecule has 2 heterocycles. The number of amides is 1. The molecule has 0 fully saturated rings. The molecule has 1 aliphatic rings. The Labute approximate surface area is 143 Å². The lowest BCUT2D eigenvalue weighted by Crippen LogP contribution is -2.21. The van der Waals surface area contributed by atoms with Crippen LogP contribution < -0.4 is 5.32 Å². The Bertz CT molecular complexity index is 808. The first-order valence-corrected chi connectivity index (χ1v) is 8.42. The van der Waals surface area contributed by atoms with Gasteiger partial charge in [-0.3, -0.25) is 9.78 Å². The molecule has 0 aromatic carbocycles. The van der Waals surface area contributed by atoms with Gasteiger partial charge >= 0.3 is 5.97 Å². The average Bonchev–Trinajstić information content (AvgIpc) is 2.97. The van der Waals surface area contributed by atoms with E-state index in [-0.39, 0.29) is 5.56 Å². The van der Waals surface area contributed by atoms with Gasteiger partial charge in [-0.15, -0.1) is 11.3 Å². The average molecular weight is 341 g/mol. The van der Waals surface area contributed by atoms with Gasteiger partial charge in [0.05, 0.1) is 11.1 Å². The van der Waals surface area contributed by atoms with Crippen LogP contribution in [0.4, 0.5) is 5.00 Å². The number of nitrogens with one attached hydrogen (secondary N) is 1. The molecule has 0 aliphatic heterocycles. The molecule has 0 spiro atoms. The molecule has 0 unspecified atom stereocenters. The number of aromatic nitrogens is 1. The molecule has 7 heteroatoms. The number of hydrogen-bond donors (Lipinski definition) is 1. The number of anilines is 1. The number of nitriles is 1. The molecule has 0 saturated heterocycles. The fraction of sp³-hybridized carbons (Fsp3) is 0.294. The van der Waals surface area contributed by atoms with Crippen molar-refractivity contribution in [2.45, 2.75) is 25.7 Å². The Hall–Kier alpha value is -2.72. The standard InChI is InChI=1S/C17H15N3O3S/c18-8-13-12-5-1-2-6-14(12)24-16(13)20-15(21)10-23-17(22)11-4-3-7-19-9-11/h3-4,7,9H,1-2,5-6,10H2,(H,20,21). The normalized spacial score (nSPS) is 12.8. The third-order valence-corrected chi connectivity index (χ3v) is 4.97. The number of esters is 1. The number of pyridine rings is 1. The number of hydrogen-bond acceptors (Lipinski definition) is 6. The lowest BCUT2D eigenvalue weighted by atomic mass is 9.96. The first-order chi connectivity index (χ1) is 11.7. The number of nitrogens with zero attached hydrogens (tertiary/aromatic N) is 2. The van der Waals surface area contributed by atoms with Crippen LogP contribution in [0, 0.1) is 11.3 Å². The molecular formula is C17H15N3O3S. The second-order valence-electron chi connectivity index (χ2n) is 5.39. The highest BCUT2D eigenvalue weighted by molar-refractivity contribution is 7.16. The Kier molecular flexibility index (Phi) is 4.87. The number of fused-ring (bicyclic) bond motifs is 1. The van der Waals surface area contributed by atoms with E-state index >= 15 is 0 Å². The van der Waals surface area contributed by atoms with Crippen molar-refractivity contribution in [1.29, 1.82) is 5.26 Å². The predicted octanol–water partition coefficient (Wildman–Crippen LogP) is 2.69. The highest BCUT2D eigenvalue weighted by Crippen LogP contribution is 2.37. The van der Waals surface area contributed by atoms with Gasteiger partial charge in [0.25, 0.3) is 5.91 Å². The second kappa shape index (κ2) is 7.23. The van der Waals surface area contributed by atoms with Crippen LogP contribution >= 0.6 is 11.3 Å². The number of aryl methyl sites for hydroxylation is 1. The van der Waals surface area contributed by atoms with Gasteiger partial charge in [0.2, 0.25) is 0 Å². The summed E-state index contributed by atoms with van der Waals surface area (Å²) in [6.45, 7) is -0.402. The fourth-order valence-electron chi connectivity index (χ4n) is 2.63. The van der Waals surface area contributed by atoms with Crippen molar-refractivity contribution in [2.24, 2.45) is 0 Å². The van der Waals surface area contributed by atoms with Crippen LogP contribution in [0.3, 0.4) is 0 Å². The molecule has 24 heavy (non-hydrogen) atoms. The zero-order chi connectivity index (χ0) is 16.9. The smallest absolute Gasteiger partial charge is 0.340 e. The van der Waals surface area contributed by atoms with Crippen LogP contribution in [-0.2, 0) is 22.4 Å². The quantitative estimate of drug-likeness (QED) is 0.863. The van der Waals surface area contributed by atoms with Crippen LogP contribution in [0.25, 0.3) is 0 Å². The molecule has 122 valence electrons. The van der Waals surface area contributed by atoms with E-state index in [1.807, 2.05) is 0 Å². The Morgan fingerprint density at radius 3 is 2.96 bits per heavy atom. The van der Waals surface area contributed by atoms with Crippen molar-refractivity contribution in [1.82, 2.24) is 4.98 Å². The van der Waals surface area contributed by atoms with E-state index in [9.17, 15) is 14.9 Å². The van der Waals surface area contributed by atoms with Crippen LogP contribution in [0.2, 0.25) is 0 Å². The van der Waals surface area contributed by atoms with Gasteiger partial charge in [-0.1, -0.05) is 0 Å². The maximum atomic E-state index is 12.0. The lowest BCUT2D eigenvalue weighted by Gasteiger charge is -2.09. The first kappa shape index (κ1) is 16.1. The number of rotatable bonds is 4. The molecule has 0 atom stereocenters. The van der Waals surface area contributed by atoms with E-state index in [2.05, 4.69) is 16.4 Å². The summed E-state index contributed by atoms with van der Waals surface area (Å²) >= 11 is 1.44. The van der Waals surface area contributed by atoms with Crippen molar-refractivity contribution in [3.05, 3.63) is 46.1 Å². The topological polar surface area (TPSA) is 92.1 Å². The largest absolute Gasteiger partial charge is 0.452 e. The second-order valence-corrected chi connectivity index (χ2v) is 6.50. The maximum Gasteiger partial charge on any atom is 0.340 e. The molecular weight excluding hydrogens is 326 g/mol. The summed E-state index contributed by atoms with van der Waals surface area (Å²) in [6, 6.07) is 5.36. The van der Waals surface area contributed by atoms with Gasteiger partial charge in [-0.25, -0.2) is 4.79 Å². The van der Waals surface area contributed by atoms with E-state index in [0.29, 0.717) is 10.6 Å². The monoisotopic (exact) mass is 341 g/mol. The van der Waals surface area contributed by atoms with Crippen LogP contribution in [-0.4, -0.2) is 23.5 Å². The van der Waals surface area contributed by atoms with Gasteiger partial charge in [0.15, 0.2) is 6.61 Å². The zero-order valence-electron chi connectivity index (χ0n) is 12.9. The van der Waals surface area contributed by atoms with E-state index in [4.69, 9.17) is 4.74 Å². The maximum absolute atomic E-state index is 12.0. The Morgan fingerprint density at radius 2 is 2.21 bits per heavy atom. The third kappa shape index (κ3) is 3.44. The first-order valence-electron chi connectivity index (χ1n) is 7.60. The van der Waals surface area contributed by atoms with Gasteiger partial charge in [-0.2, -0.15) is 5.26 Å². The molecule has 2 aromatic rings. The van der Waals surface area contributed by atoms with Crippen molar-refractivity contribution in [2.75, 3.05) is 11.9 Å². The highest BCUT2D eigenvalue weighted by Gasteiger charge is 2.22. The van der Waals surface area contributed by atoms with E-state index < -0.39 is 18.5 Å². The van der Waals surface area contributed by atoms with Crippen LogP contribution in [0.15, 0.2) is 24.5 Å². The highest BCUT2D eigenvalue weighted by atomic mass is 32.1. The van der Waals surface area contributed by atoms with Crippen molar-refractivity contribution < 1.29 is 14.3 Å². The minimum absolute atomic E-state index is 0.287. The van der Waals surface area contributed by atoms with Crippen molar-refractivity contribution >= 4 is 28.2 Å².